The number of aromatic amines is 1. The average Bonchev–Trinajstić information content (AvgIpc) is 2.54. The zero-order valence-electron chi connectivity index (χ0n) is 11.7. The highest BCUT2D eigenvalue weighted by atomic mass is 16.5. The van der Waals surface area contributed by atoms with Crippen molar-refractivity contribution < 1.29 is 9.47 Å². The van der Waals surface area contributed by atoms with Crippen LogP contribution in [-0.4, -0.2) is 24.2 Å². The molecule has 21 heavy (non-hydrogen) atoms. The second kappa shape index (κ2) is 5.28. The van der Waals surface area contributed by atoms with Gasteiger partial charge < -0.3 is 14.5 Å². The van der Waals surface area contributed by atoms with E-state index in [4.69, 9.17) is 9.47 Å². The van der Waals surface area contributed by atoms with Gasteiger partial charge in [-0.2, -0.15) is 0 Å². The fourth-order valence-electron chi connectivity index (χ4n) is 2.28. The molecule has 0 spiro atoms. The predicted molar refractivity (Wildman–Crippen MR) is 80.9 cm³/mol. The van der Waals surface area contributed by atoms with E-state index in [2.05, 4.69) is 9.97 Å². The Kier molecular flexibility index (Phi) is 3.31. The van der Waals surface area contributed by atoms with Crippen molar-refractivity contribution in [2.75, 3.05) is 14.2 Å². The van der Waals surface area contributed by atoms with Crippen LogP contribution in [-0.2, 0) is 0 Å². The number of benzene rings is 2. The number of hydrogen-bond acceptors (Lipinski definition) is 4. The van der Waals surface area contributed by atoms with Crippen molar-refractivity contribution in [3.05, 3.63) is 53.1 Å². The number of methoxy groups -OCH3 is 2. The molecule has 0 aliphatic rings. The number of aromatic nitrogens is 2. The highest BCUT2D eigenvalue weighted by Gasteiger charge is 2.09. The number of H-pyrrole nitrogens is 1. The molecule has 2 aromatic carbocycles. The van der Waals surface area contributed by atoms with Crippen LogP contribution in [0.3, 0.4) is 0 Å². The highest BCUT2D eigenvalue weighted by molar-refractivity contribution is 5.85. The summed E-state index contributed by atoms with van der Waals surface area (Å²) in [7, 11) is 3.22. The molecular formula is C16H14N2O3. The first-order valence-corrected chi connectivity index (χ1v) is 6.43. The van der Waals surface area contributed by atoms with Crippen molar-refractivity contribution in [1.29, 1.82) is 0 Å². The Morgan fingerprint density at radius 2 is 1.90 bits per heavy atom. The Balaban J connectivity index is 2.24. The van der Waals surface area contributed by atoms with Crippen LogP contribution < -0.4 is 15.0 Å². The van der Waals surface area contributed by atoms with E-state index in [-0.39, 0.29) is 5.56 Å². The van der Waals surface area contributed by atoms with Gasteiger partial charge in [0.2, 0.25) is 0 Å². The van der Waals surface area contributed by atoms with Gasteiger partial charge in [-0.25, -0.2) is 4.98 Å². The third-order valence-electron chi connectivity index (χ3n) is 3.36. The number of rotatable bonds is 3. The molecule has 0 atom stereocenters. The van der Waals surface area contributed by atoms with Gasteiger partial charge in [0.1, 0.15) is 11.5 Å². The van der Waals surface area contributed by atoms with Crippen LogP contribution in [0, 0.1) is 0 Å². The van der Waals surface area contributed by atoms with Crippen LogP contribution in [0.4, 0.5) is 0 Å². The summed E-state index contributed by atoms with van der Waals surface area (Å²) in [5.41, 5.74) is 2.23. The number of fused-ring (bicyclic) bond motifs is 1. The van der Waals surface area contributed by atoms with Gasteiger partial charge in [0.15, 0.2) is 0 Å². The molecule has 0 saturated carbocycles. The molecule has 1 aromatic heterocycles. The standard InChI is InChI=1S/C16H14N2O3/c1-20-11-4-6-15(21-2)12(8-11)10-3-5-14-13(7-10)16(19)18-9-17-14/h3-9H,1-2H3,(H,17,18,19). The van der Waals surface area contributed by atoms with Crippen molar-refractivity contribution in [1.82, 2.24) is 9.97 Å². The van der Waals surface area contributed by atoms with Gasteiger partial charge in [-0.15, -0.1) is 0 Å². The largest absolute Gasteiger partial charge is 0.497 e. The van der Waals surface area contributed by atoms with E-state index < -0.39 is 0 Å². The van der Waals surface area contributed by atoms with E-state index in [1.165, 1.54) is 6.33 Å². The zero-order chi connectivity index (χ0) is 14.8. The van der Waals surface area contributed by atoms with E-state index in [1.54, 1.807) is 20.3 Å². The molecule has 0 aliphatic heterocycles. The maximum Gasteiger partial charge on any atom is 0.258 e. The topological polar surface area (TPSA) is 64.2 Å². The van der Waals surface area contributed by atoms with Crippen LogP contribution >= 0.6 is 0 Å². The molecule has 3 aromatic rings. The minimum absolute atomic E-state index is 0.163. The lowest BCUT2D eigenvalue weighted by Crippen LogP contribution is -2.06. The summed E-state index contributed by atoms with van der Waals surface area (Å²) in [6.45, 7) is 0. The number of ether oxygens (including phenoxy) is 2. The van der Waals surface area contributed by atoms with E-state index in [0.29, 0.717) is 10.9 Å². The number of nitrogens with zero attached hydrogens (tertiary/aromatic N) is 1. The van der Waals surface area contributed by atoms with Crippen LogP contribution in [0.1, 0.15) is 0 Å². The zero-order valence-corrected chi connectivity index (χ0v) is 11.7. The minimum Gasteiger partial charge on any atom is -0.497 e. The Bertz CT molecular complexity index is 856. The van der Waals surface area contributed by atoms with Crippen molar-refractivity contribution in [3.8, 4) is 22.6 Å². The molecule has 0 saturated heterocycles. The van der Waals surface area contributed by atoms with Crippen molar-refractivity contribution in [2.45, 2.75) is 0 Å². The number of nitrogens with one attached hydrogen (secondary N) is 1. The number of hydrogen-bond donors (Lipinski definition) is 1. The van der Waals surface area contributed by atoms with Gasteiger partial charge in [0, 0.05) is 5.56 Å². The normalized spacial score (nSPS) is 10.6. The molecule has 5 heteroatoms. The van der Waals surface area contributed by atoms with Gasteiger partial charge in [-0.05, 0) is 35.9 Å². The first kappa shape index (κ1) is 13.2. The molecule has 0 aliphatic carbocycles. The van der Waals surface area contributed by atoms with E-state index in [1.807, 2.05) is 30.3 Å². The smallest absolute Gasteiger partial charge is 0.258 e. The molecule has 1 heterocycles. The predicted octanol–water partition coefficient (Wildman–Crippen LogP) is 2.61. The summed E-state index contributed by atoms with van der Waals surface area (Å²) >= 11 is 0. The van der Waals surface area contributed by atoms with E-state index in [0.717, 1.165) is 22.6 Å². The summed E-state index contributed by atoms with van der Waals surface area (Å²) in [6.07, 6.45) is 1.40. The third-order valence-corrected chi connectivity index (χ3v) is 3.36. The van der Waals surface area contributed by atoms with Crippen molar-refractivity contribution in [2.24, 2.45) is 0 Å². The Hall–Kier alpha value is -2.82. The molecule has 3 rings (SSSR count). The van der Waals surface area contributed by atoms with Gasteiger partial charge >= 0.3 is 0 Å². The quantitative estimate of drug-likeness (QED) is 0.802. The molecule has 1 N–H and O–H groups in total. The van der Waals surface area contributed by atoms with Crippen LogP contribution in [0.25, 0.3) is 22.0 Å². The van der Waals surface area contributed by atoms with Crippen LogP contribution in [0.2, 0.25) is 0 Å². The van der Waals surface area contributed by atoms with E-state index >= 15 is 0 Å². The van der Waals surface area contributed by atoms with Gasteiger partial charge in [-0.3, -0.25) is 4.79 Å². The highest BCUT2D eigenvalue weighted by Crippen LogP contribution is 2.34. The molecule has 106 valence electrons. The fourth-order valence-corrected chi connectivity index (χ4v) is 2.28. The first-order valence-electron chi connectivity index (χ1n) is 6.43. The summed E-state index contributed by atoms with van der Waals surface area (Å²) in [4.78, 5) is 18.6. The second-order valence-corrected chi connectivity index (χ2v) is 4.53. The minimum atomic E-state index is -0.163. The Labute approximate surface area is 121 Å². The van der Waals surface area contributed by atoms with Crippen molar-refractivity contribution >= 4 is 10.9 Å². The SMILES string of the molecule is COc1ccc(OC)c(-c2ccc3nc[nH]c(=O)c3c2)c1. The molecular weight excluding hydrogens is 268 g/mol. The Morgan fingerprint density at radius 3 is 2.67 bits per heavy atom. The summed E-state index contributed by atoms with van der Waals surface area (Å²) in [5, 5.41) is 0.542. The van der Waals surface area contributed by atoms with Crippen LogP contribution in [0.5, 0.6) is 11.5 Å². The maximum absolute atomic E-state index is 11.9. The lowest BCUT2D eigenvalue weighted by Gasteiger charge is -2.11. The molecule has 0 amide bonds. The maximum atomic E-state index is 11.9. The lowest BCUT2D eigenvalue weighted by molar-refractivity contribution is 0.404. The molecule has 5 nitrogen and oxygen atoms in total. The second-order valence-electron chi connectivity index (χ2n) is 4.53. The Morgan fingerprint density at radius 1 is 1.05 bits per heavy atom. The van der Waals surface area contributed by atoms with Gasteiger partial charge in [0.05, 0.1) is 31.4 Å². The third kappa shape index (κ3) is 2.33. The van der Waals surface area contributed by atoms with E-state index in [9.17, 15) is 4.79 Å². The summed E-state index contributed by atoms with van der Waals surface area (Å²) < 4.78 is 10.6. The van der Waals surface area contributed by atoms with Gasteiger partial charge in [-0.1, -0.05) is 6.07 Å². The molecule has 0 unspecified atom stereocenters. The molecule has 0 fully saturated rings. The van der Waals surface area contributed by atoms with Crippen LogP contribution in [0.15, 0.2) is 47.5 Å². The molecule has 0 bridgehead atoms. The first-order chi connectivity index (χ1) is 10.2. The van der Waals surface area contributed by atoms with Gasteiger partial charge in [0.25, 0.3) is 5.56 Å². The monoisotopic (exact) mass is 282 g/mol. The fraction of sp³-hybridized carbons (Fsp3) is 0.125. The van der Waals surface area contributed by atoms with Crippen molar-refractivity contribution in [3.63, 3.8) is 0 Å². The average molecular weight is 282 g/mol. The summed E-state index contributed by atoms with van der Waals surface area (Å²) in [6, 6.07) is 11.1. The summed E-state index contributed by atoms with van der Waals surface area (Å²) in [5.74, 6) is 1.45. The molecule has 0 radical (unpaired) electrons. The lowest BCUT2D eigenvalue weighted by atomic mass is 10.0.